The average Bonchev–Trinajstić information content (AvgIpc) is 3.42. The zero-order valence-corrected chi connectivity index (χ0v) is 20.0. The number of benzene rings is 2. The van der Waals surface area contributed by atoms with Crippen molar-refractivity contribution in [2.24, 2.45) is 7.05 Å². The van der Waals surface area contributed by atoms with E-state index in [1.165, 1.54) is 27.7 Å². The normalized spacial score (nSPS) is 15.0. The van der Waals surface area contributed by atoms with Crippen LogP contribution < -0.4 is 16.0 Å². The fourth-order valence-corrected chi connectivity index (χ4v) is 4.40. The Labute approximate surface area is 216 Å². The molecule has 38 heavy (non-hydrogen) atoms. The molecule has 8 nitrogen and oxygen atoms in total. The summed E-state index contributed by atoms with van der Waals surface area (Å²) in [6.07, 6.45) is -0.413. The van der Waals surface area contributed by atoms with E-state index in [0.29, 0.717) is 17.8 Å². The summed E-state index contributed by atoms with van der Waals surface area (Å²) in [5, 5.41) is 11.9. The lowest BCUT2D eigenvalue weighted by Crippen LogP contribution is -2.39. The largest absolute Gasteiger partial charge is 0.416 e. The molecule has 0 aliphatic carbocycles. The molecule has 0 saturated heterocycles. The first-order valence-electron chi connectivity index (χ1n) is 10.9. The van der Waals surface area contributed by atoms with Gasteiger partial charge in [0.05, 0.1) is 29.2 Å². The monoisotopic (exact) mass is 550 g/mol. The van der Waals surface area contributed by atoms with Crippen molar-refractivity contribution in [2.45, 2.75) is 12.2 Å². The van der Waals surface area contributed by atoms with Crippen LogP contribution in [0.15, 0.2) is 55.0 Å². The third-order valence-electron chi connectivity index (χ3n) is 5.81. The lowest BCUT2D eigenvalue weighted by atomic mass is 9.97. The molecule has 14 heteroatoms. The standard InChI is InChI=1S/C24H16ClF5N6O2/c1-35-9-15(8-31-35)36-10-18(32-22(37)11-4-12(24(28,29)30)6-14(27)5-11)19-20(33-23(38)34-21(19)36)16-7-13(26)2-3-17(16)25/h2-10,20H,1H3,(H,32,37)(H2,33,34,38). The highest BCUT2D eigenvalue weighted by molar-refractivity contribution is 6.31. The molecule has 2 aromatic heterocycles. The molecular formula is C24H16ClF5N6O2. The van der Waals surface area contributed by atoms with E-state index in [0.717, 1.165) is 12.1 Å². The van der Waals surface area contributed by atoms with Crippen molar-refractivity contribution >= 4 is 35.0 Å². The Hall–Kier alpha value is -4.39. The van der Waals surface area contributed by atoms with Gasteiger partial charge in [0, 0.05) is 41.2 Å². The maximum absolute atomic E-state index is 14.2. The van der Waals surface area contributed by atoms with Gasteiger partial charge in [0.1, 0.15) is 17.5 Å². The number of anilines is 2. The fourth-order valence-electron chi connectivity index (χ4n) is 4.17. The smallest absolute Gasteiger partial charge is 0.327 e. The number of rotatable bonds is 4. The fraction of sp³-hybridized carbons (Fsp3) is 0.125. The van der Waals surface area contributed by atoms with E-state index in [1.807, 2.05) is 0 Å². The van der Waals surface area contributed by atoms with E-state index >= 15 is 0 Å². The SMILES string of the molecule is Cn1cc(-n2cc(NC(=O)c3cc(F)cc(C(F)(F)F)c3)c3c2NC(=O)NC3c2cc(F)ccc2Cl)cn1. The first-order valence-corrected chi connectivity index (χ1v) is 11.2. The number of carbonyl (C=O) groups excluding carboxylic acids is 2. The Morgan fingerprint density at radius 2 is 1.87 bits per heavy atom. The van der Waals surface area contributed by atoms with Gasteiger partial charge < -0.3 is 10.6 Å². The second kappa shape index (κ2) is 9.17. The summed E-state index contributed by atoms with van der Waals surface area (Å²) in [5.74, 6) is -2.78. The van der Waals surface area contributed by atoms with Crippen LogP contribution in [0.1, 0.15) is 33.1 Å². The number of nitrogens with one attached hydrogen (secondary N) is 3. The van der Waals surface area contributed by atoms with E-state index in [-0.39, 0.29) is 33.7 Å². The number of urea groups is 1. The Kier molecular flexibility index (Phi) is 6.10. The quantitative estimate of drug-likeness (QED) is 0.287. The number of aromatic nitrogens is 3. The molecule has 1 unspecified atom stereocenters. The van der Waals surface area contributed by atoms with Gasteiger partial charge in [-0.05, 0) is 36.4 Å². The van der Waals surface area contributed by atoms with Crippen LogP contribution in [-0.4, -0.2) is 26.3 Å². The zero-order valence-electron chi connectivity index (χ0n) is 19.2. The number of aryl methyl sites for hydroxylation is 1. The highest BCUT2D eigenvalue weighted by atomic mass is 35.5. The van der Waals surface area contributed by atoms with Crippen molar-refractivity contribution in [2.75, 3.05) is 10.6 Å². The number of nitrogens with zero attached hydrogens (tertiary/aromatic N) is 3. The van der Waals surface area contributed by atoms with E-state index in [1.54, 1.807) is 13.2 Å². The Balaban J connectivity index is 1.65. The van der Waals surface area contributed by atoms with Crippen LogP contribution in [0.2, 0.25) is 5.02 Å². The van der Waals surface area contributed by atoms with E-state index in [9.17, 15) is 31.5 Å². The van der Waals surface area contributed by atoms with Crippen molar-refractivity contribution in [3.63, 3.8) is 0 Å². The molecule has 0 bridgehead atoms. The minimum atomic E-state index is -4.88. The molecule has 1 aliphatic heterocycles. The summed E-state index contributed by atoms with van der Waals surface area (Å²) < 4.78 is 70.7. The number of fused-ring (bicyclic) bond motifs is 1. The van der Waals surface area contributed by atoms with Crippen molar-refractivity contribution in [3.05, 3.63) is 93.9 Å². The van der Waals surface area contributed by atoms with Gasteiger partial charge >= 0.3 is 12.2 Å². The predicted molar refractivity (Wildman–Crippen MR) is 127 cm³/mol. The summed E-state index contributed by atoms with van der Waals surface area (Å²) in [4.78, 5) is 25.6. The number of hydrogen-bond acceptors (Lipinski definition) is 3. The molecule has 1 atom stereocenters. The molecule has 196 valence electrons. The highest BCUT2D eigenvalue weighted by Gasteiger charge is 2.35. The van der Waals surface area contributed by atoms with Crippen molar-refractivity contribution < 1.29 is 31.5 Å². The molecule has 5 rings (SSSR count). The number of hydrogen-bond donors (Lipinski definition) is 3. The molecule has 0 radical (unpaired) electrons. The van der Waals surface area contributed by atoms with Crippen LogP contribution in [0, 0.1) is 11.6 Å². The number of alkyl halides is 3. The van der Waals surface area contributed by atoms with Gasteiger partial charge in [-0.25, -0.2) is 13.6 Å². The Morgan fingerprint density at radius 1 is 1.11 bits per heavy atom. The molecule has 2 aromatic carbocycles. The third-order valence-corrected chi connectivity index (χ3v) is 6.16. The first kappa shape index (κ1) is 25.3. The molecule has 3 amide bonds. The van der Waals surface area contributed by atoms with E-state index < -0.39 is 46.9 Å². The molecule has 4 aromatic rings. The molecule has 3 heterocycles. The summed E-state index contributed by atoms with van der Waals surface area (Å²) in [5.41, 5.74) is -1.05. The zero-order chi connectivity index (χ0) is 27.4. The van der Waals surface area contributed by atoms with E-state index in [2.05, 4.69) is 21.0 Å². The van der Waals surface area contributed by atoms with Crippen LogP contribution in [0.4, 0.5) is 38.3 Å². The minimum Gasteiger partial charge on any atom is -0.327 e. The topological polar surface area (TPSA) is 93.0 Å². The van der Waals surface area contributed by atoms with Crippen molar-refractivity contribution in [3.8, 4) is 5.69 Å². The molecule has 1 aliphatic rings. The van der Waals surface area contributed by atoms with Crippen molar-refractivity contribution in [1.82, 2.24) is 19.7 Å². The van der Waals surface area contributed by atoms with Crippen LogP contribution in [0.25, 0.3) is 5.69 Å². The lowest BCUT2D eigenvalue weighted by Gasteiger charge is -2.28. The summed E-state index contributed by atoms with van der Waals surface area (Å²) in [6.45, 7) is 0. The van der Waals surface area contributed by atoms with Gasteiger partial charge in [0.2, 0.25) is 0 Å². The maximum Gasteiger partial charge on any atom is 0.416 e. The molecule has 0 saturated carbocycles. The molecular weight excluding hydrogens is 535 g/mol. The highest BCUT2D eigenvalue weighted by Crippen LogP contribution is 2.42. The number of amides is 3. The average molecular weight is 551 g/mol. The minimum absolute atomic E-state index is 0.0319. The van der Waals surface area contributed by atoms with Gasteiger partial charge in [-0.2, -0.15) is 18.3 Å². The molecule has 3 N–H and O–H groups in total. The number of halogens is 6. The summed E-state index contributed by atoms with van der Waals surface area (Å²) in [6, 6.07) is 3.25. The maximum atomic E-state index is 14.2. The molecule has 0 spiro atoms. The summed E-state index contributed by atoms with van der Waals surface area (Å²) in [7, 11) is 1.65. The van der Waals surface area contributed by atoms with Gasteiger partial charge in [0.25, 0.3) is 5.91 Å². The van der Waals surface area contributed by atoms with Gasteiger partial charge in [-0.3, -0.25) is 19.4 Å². The van der Waals surface area contributed by atoms with Crippen LogP contribution in [0.3, 0.4) is 0 Å². The van der Waals surface area contributed by atoms with Crippen LogP contribution in [-0.2, 0) is 13.2 Å². The van der Waals surface area contributed by atoms with Gasteiger partial charge in [0.15, 0.2) is 0 Å². The summed E-state index contributed by atoms with van der Waals surface area (Å²) >= 11 is 6.31. The Morgan fingerprint density at radius 3 is 2.55 bits per heavy atom. The first-order chi connectivity index (χ1) is 17.9. The third kappa shape index (κ3) is 4.67. The van der Waals surface area contributed by atoms with Crippen LogP contribution in [0.5, 0.6) is 0 Å². The lowest BCUT2D eigenvalue weighted by molar-refractivity contribution is -0.137. The molecule has 0 fully saturated rings. The van der Waals surface area contributed by atoms with Crippen molar-refractivity contribution in [1.29, 1.82) is 0 Å². The second-order valence-electron chi connectivity index (χ2n) is 8.43. The van der Waals surface area contributed by atoms with Crippen LogP contribution >= 0.6 is 11.6 Å². The Bertz CT molecular complexity index is 1600. The second-order valence-corrected chi connectivity index (χ2v) is 8.83. The predicted octanol–water partition coefficient (Wildman–Crippen LogP) is 5.64. The number of carbonyl (C=O) groups is 2. The van der Waals surface area contributed by atoms with E-state index in [4.69, 9.17) is 11.6 Å². The van der Waals surface area contributed by atoms with Gasteiger partial charge in [-0.1, -0.05) is 11.6 Å². The van der Waals surface area contributed by atoms with Gasteiger partial charge in [-0.15, -0.1) is 0 Å².